The van der Waals surface area contributed by atoms with Gasteiger partial charge in [0.15, 0.2) is 5.78 Å². The molecule has 0 spiro atoms. The average Bonchev–Trinajstić information content (AvgIpc) is 2.74. The molecule has 0 amide bonds. The fourth-order valence-corrected chi connectivity index (χ4v) is 2.55. The van der Waals surface area contributed by atoms with Gasteiger partial charge in [0.25, 0.3) is 5.69 Å². The van der Waals surface area contributed by atoms with Gasteiger partial charge >= 0.3 is 5.97 Å². The first-order valence-electron chi connectivity index (χ1n) is 8.58. The third-order valence-electron chi connectivity index (χ3n) is 4.02. The minimum Gasteiger partial charge on any atom is -0.422 e. The first kappa shape index (κ1) is 20.5. The van der Waals surface area contributed by atoms with Crippen molar-refractivity contribution < 1.29 is 28.0 Å². The minimum atomic E-state index is -0.961. The van der Waals surface area contributed by atoms with Gasteiger partial charge in [-0.15, -0.1) is 0 Å². The lowest BCUT2D eigenvalue weighted by atomic mass is 10.1. The molecule has 150 valence electrons. The largest absolute Gasteiger partial charge is 0.422 e. The van der Waals surface area contributed by atoms with Gasteiger partial charge in [0.1, 0.15) is 17.4 Å². The van der Waals surface area contributed by atoms with E-state index in [-0.39, 0.29) is 28.1 Å². The summed E-state index contributed by atoms with van der Waals surface area (Å²) in [6.45, 7) is 0. The number of allylic oxidation sites excluding steroid dienone is 1. The van der Waals surface area contributed by atoms with Crippen molar-refractivity contribution in [3.63, 3.8) is 0 Å². The van der Waals surface area contributed by atoms with Crippen LogP contribution in [0, 0.1) is 21.7 Å². The average molecular weight is 409 g/mol. The van der Waals surface area contributed by atoms with Gasteiger partial charge < -0.3 is 4.74 Å². The van der Waals surface area contributed by atoms with Gasteiger partial charge in [-0.05, 0) is 42.5 Å². The van der Waals surface area contributed by atoms with Crippen LogP contribution in [0.1, 0.15) is 26.3 Å². The Balaban J connectivity index is 1.87. The van der Waals surface area contributed by atoms with Gasteiger partial charge in [-0.3, -0.25) is 14.9 Å². The van der Waals surface area contributed by atoms with Crippen LogP contribution >= 0.6 is 0 Å². The van der Waals surface area contributed by atoms with E-state index in [1.54, 1.807) is 6.07 Å². The predicted molar refractivity (Wildman–Crippen MR) is 104 cm³/mol. The maximum atomic E-state index is 13.7. The molecule has 0 aliphatic rings. The number of hydrogen-bond acceptors (Lipinski definition) is 5. The molecule has 0 fully saturated rings. The van der Waals surface area contributed by atoms with E-state index in [2.05, 4.69) is 0 Å². The highest BCUT2D eigenvalue weighted by Gasteiger charge is 2.18. The highest BCUT2D eigenvalue weighted by Crippen LogP contribution is 2.23. The van der Waals surface area contributed by atoms with Gasteiger partial charge in [0.05, 0.1) is 16.1 Å². The smallest absolute Gasteiger partial charge is 0.343 e. The number of non-ortho nitro benzene ring substituents is 1. The van der Waals surface area contributed by atoms with Gasteiger partial charge in [-0.25, -0.2) is 13.6 Å². The zero-order valence-electron chi connectivity index (χ0n) is 15.2. The topological polar surface area (TPSA) is 86.5 Å². The summed E-state index contributed by atoms with van der Waals surface area (Å²) >= 11 is 0. The van der Waals surface area contributed by atoms with E-state index in [0.29, 0.717) is 0 Å². The van der Waals surface area contributed by atoms with Crippen LogP contribution in [0.4, 0.5) is 14.5 Å². The molecule has 0 unspecified atom stereocenters. The molecule has 6 nitrogen and oxygen atoms in total. The second kappa shape index (κ2) is 8.87. The third-order valence-corrected chi connectivity index (χ3v) is 4.02. The summed E-state index contributed by atoms with van der Waals surface area (Å²) in [6, 6.07) is 13.6. The Kier molecular flexibility index (Phi) is 6.07. The van der Waals surface area contributed by atoms with E-state index >= 15 is 0 Å². The van der Waals surface area contributed by atoms with Crippen LogP contribution in [0.25, 0.3) is 6.08 Å². The number of rotatable bonds is 6. The minimum absolute atomic E-state index is 0.117. The van der Waals surface area contributed by atoms with E-state index in [1.165, 1.54) is 42.5 Å². The maximum Gasteiger partial charge on any atom is 0.343 e. The van der Waals surface area contributed by atoms with E-state index in [1.807, 2.05) is 0 Å². The van der Waals surface area contributed by atoms with Gasteiger partial charge in [0.2, 0.25) is 0 Å². The zero-order valence-corrected chi connectivity index (χ0v) is 15.2. The zero-order chi connectivity index (χ0) is 21.7. The Hall–Kier alpha value is -4.20. The molecule has 0 radical (unpaired) electrons. The van der Waals surface area contributed by atoms with Crippen LogP contribution < -0.4 is 4.74 Å². The lowest BCUT2D eigenvalue weighted by molar-refractivity contribution is -0.384. The molecule has 0 aliphatic heterocycles. The Bertz CT molecular complexity index is 1170. The standard InChI is InChI=1S/C22H13F2NO5/c23-16-9-11-21(30-22(27)15-5-3-6-17(12-15)25(28)29)18(13-16)20(26)10-8-14-4-1-2-7-19(14)24/h1-13H/b10-8+. The summed E-state index contributed by atoms with van der Waals surface area (Å²) in [5.74, 6) is -3.21. The Morgan fingerprint density at radius 3 is 2.47 bits per heavy atom. The summed E-state index contributed by atoms with van der Waals surface area (Å²) in [6.07, 6.45) is 2.24. The number of hydrogen-bond donors (Lipinski definition) is 0. The molecule has 0 heterocycles. The lowest BCUT2D eigenvalue weighted by Crippen LogP contribution is -2.11. The van der Waals surface area contributed by atoms with Crippen LogP contribution in [-0.2, 0) is 0 Å². The molecule has 0 N–H and O–H groups in total. The van der Waals surface area contributed by atoms with Crippen LogP contribution in [0.15, 0.2) is 72.8 Å². The summed E-state index contributed by atoms with van der Waals surface area (Å²) < 4.78 is 32.5. The van der Waals surface area contributed by atoms with Gasteiger partial charge in [-0.2, -0.15) is 0 Å². The van der Waals surface area contributed by atoms with Crippen LogP contribution in [0.5, 0.6) is 5.75 Å². The Morgan fingerprint density at radius 1 is 0.967 bits per heavy atom. The number of ether oxygens (including phenoxy) is 1. The van der Waals surface area contributed by atoms with Crippen molar-refractivity contribution in [3.05, 3.63) is 111 Å². The molecule has 0 saturated carbocycles. The summed E-state index contributed by atoms with van der Waals surface area (Å²) in [4.78, 5) is 35.1. The van der Waals surface area contributed by atoms with E-state index in [0.717, 1.165) is 30.3 Å². The number of carbonyl (C=O) groups excluding carboxylic acids is 2. The highest BCUT2D eigenvalue weighted by molar-refractivity contribution is 6.09. The number of halogens is 2. The van der Waals surface area contributed by atoms with Crippen molar-refractivity contribution in [1.29, 1.82) is 0 Å². The fourth-order valence-electron chi connectivity index (χ4n) is 2.55. The van der Waals surface area contributed by atoms with Crippen molar-refractivity contribution in [3.8, 4) is 5.75 Å². The van der Waals surface area contributed by atoms with Gasteiger partial charge in [0, 0.05) is 17.7 Å². The number of esters is 1. The van der Waals surface area contributed by atoms with Gasteiger partial charge in [-0.1, -0.05) is 24.3 Å². The second-order valence-corrected chi connectivity index (χ2v) is 6.06. The SMILES string of the molecule is O=C(Oc1ccc(F)cc1C(=O)/C=C/c1ccccc1F)c1cccc([N+](=O)[O-])c1. The highest BCUT2D eigenvalue weighted by atomic mass is 19.1. The molecule has 0 saturated heterocycles. The van der Waals surface area contributed by atoms with Crippen LogP contribution in [0.3, 0.4) is 0 Å². The second-order valence-electron chi connectivity index (χ2n) is 6.06. The van der Waals surface area contributed by atoms with E-state index in [4.69, 9.17) is 4.74 Å². The Morgan fingerprint density at radius 2 is 1.73 bits per heavy atom. The van der Waals surface area contributed by atoms with E-state index < -0.39 is 28.3 Å². The molecule has 0 aliphatic carbocycles. The molecule has 0 aromatic heterocycles. The molecular formula is C22H13F2NO5. The maximum absolute atomic E-state index is 13.7. The lowest BCUT2D eigenvalue weighted by Gasteiger charge is -2.08. The molecule has 8 heteroatoms. The van der Waals surface area contributed by atoms with Crippen molar-refractivity contribution in [2.75, 3.05) is 0 Å². The number of nitro benzene ring substituents is 1. The molecule has 0 bridgehead atoms. The number of ketones is 1. The summed E-state index contributed by atoms with van der Waals surface area (Å²) in [7, 11) is 0. The van der Waals surface area contributed by atoms with E-state index in [9.17, 15) is 28.5 Å². The molecule has 3 rings (SSSR count). The molecule has 3 aromatic rings. The summed E-state index contributed by atoms with van der Waals surface area (Å²) in [5, 5.41) is 10.9. The first-order valence-corrected chi connectivity index (χ1v) is 8.58. The van der Waals surface area contributed by atoms with Crippen LogP contribution in [0.2, 0.25) is 0 Å². The third kappa shape index (κ3) is 4.79. The predicted octanol–water partition coefficient (Wildman–Crippen LogP) is 4.99. The van der Waals surface area contributed by atoms with Crippen molar-refractivity contribution in [2.45, 2.75) is 0 Å². The fraction of sp³-hybridized carbons (Fsp3) is 0. The van der Waals surface area contributed by atoms with Crippen molar-refractivity contribution in [1.82, 2.24) is 0 Å². The van der Waals surface area contributed by atoms with Crippen LogP contribution in [-0.4, -0.2) is 16.7 Å². The Labute approximate surface area is 169 Å². The normalized spacial score (nSPS) is 10.7. The number of nitrogens with zero attached hydrogens (tertiary/aromatic N) is 1. The van der Waals surface area contributed by atoms with Crippen molar-refractivity contribution >= 4 is 23.5 Å². The molecule has 0 atom stereocenters. The summed E-state index contributed by atoms with van der Waals surface area (Å²) in [5.41, 5.74) is -0.541. The number of carbonyl (C=O) groups is 2. The first-order chi connectivity index (χ1) is 14.3. The number of benzene rings is 3. The quantitative estimate of drug-likeness (QED) is 0.143. The molecule has 30 heavy (non-hydrogen) atoms. The molecule has 3 aromatic carbocycles. The molecular weight excluding hydrogens is 396 g/mol. The van der Waals surface area contributed by atoms with Crippen molar-refractivity contribution in [2.24, 2.45) is 0 Å². The monoisotopic (exact) mass is 409 g/mol. The number of nitro groups is 1.